The van der Waals surface area contributed by atoms with Gasteiger partial charge in [0.2, 0.25) is 0 Å². The summed E-state index contributed by atoms with van der Waals surface area (Å²) >= 11 is -2.33. The molecule has 8 heavy (non-hydrogen) atoms. The first kappa shape index (κ1) is 11.6. The van der Waals surface area contributed by atoms with Gasteiger partial charge < -0.3 is 0 Å². The van der Waals surface area contributed by atoms with Crippen LogP contribution in [0.4, 0.5) is 0 Å². The summed E-state index contributed by atoms with van der Waals surface area (Å²) in [6.45, 7) is 0. The van der Waals surface area contributed by atoms with Crippen molar-refractivity contribution in [2.24, 2.45) is 0 Å². The average molecular weight is 314 g/mol. The number of hydrogen-bond donors (Lipinski definition) is 0. The van der Waals surface area contributed by atoms with Crippen LogP contribution in [0.15, 0.2) is 0 Å². The molecule has 0 aliphatic carbocycles. The molecule has 0 rings (SSSR count). The van der Waals surface area contributed by atoms with Gasteiger partial charge in [0, 0.05) is 51.4 Å². The first-order chi connectivity index (χ1) is 3.35. The fourth-order valence-electron chi connectivity index (χ4n) is 0.0452. The zero-order valence-electron chi connectivity index (χ0n) is 4.14. The second-order valence-corrected chi connectivity index (χ2v) is 3.51. The topological polar surface area (TPSA) is 71.4 Å². The van der Waals surface area contributed by atoms with Gasteiger partial charge in [0.15, 0.2) is 0 Å². The van der Waals surface area contributed by atoms with Gasteiger partial charge in [0.25, 0.3) is 0 Å². The zero-order chi connectivity index (χ0) is 5.70. The molecular formula is C3AuKN3. The summed E-state index contributed by atoms with van der Waals surface area (Å²) in [4.78, 5) is 0. The Morgan fingerprint density at radius 3 is 1.12 bits per heavy atom. The van der Waals surface area contributed by atoms with Crippen LogP contribution in [0, 0.1) is 28.6 Å². The average Bonchev–Trinajstić information content (AvgIpc) is 1.72. The second kappa shape index (κ2) is 7.85. The van der Waals surface area contributed by atoms with E-state index in [1.807, 2.05) is 0 Å². The van der Waals surface area contributed by atoms with Crippen molar-refractivity contribution in [2.75, 3.05) is 0 Å². The van der Waals surface area contributed by atoms with Gasteiger partial charge in [-0.15, -0.1) is 0 Å². The Kier molecular flexibility index (Phi) is 11.4. The van der Waals surface area contributed by atoms with Gasteiger partial charge >= 0.3 is 47.1 Å². The molecule has 0 saturated carbocycles. The van der Waals surface area contributed by atoms with Crippen molar-refractivity contribution in [3.8, 4) is 12.9 Å². The predicted molar refractivity (Wildman–Crippen MR) is 22.6 cm³/mol. The fourth-order valence-corrected chi connectivity index (χ4v) is 0.370. The normalized spacial score (nSPS) is 6.38. The van der Waals surface area contributed by atoms with Crippen molar-refractivity contribution in [3.63, 3.8) is 0 Å². The van der Waals surface area contributed by atoms with Crippen LogP contribution in [0.5, 0.6) is 0 Å². The van der Waals surface area contributed by atoms with Gasteiger partial charge in [-0.05, 0) is 0 Å². The van der Waals surface area contributed by atoms with Gasteiger partial charge in [0.1, 0.15) is 0 Å². The van der Waals surface area contributed by atoms with E-state index in [4.69, 9.17) is 15.8 Å². The monoisotopic (exact) mass is 314 g/mol. The molecule has 5 heteroatoms. The molecule has 0 aliphatic rings. The molecule has 1 radical (unpaired) electrons. The van der Waals surface area contributed by atoms with Crippen molar-refractivity contribution in [1.82, 2.24) is 0 Å². The van der Waals surface area contributed by atoms with Crippen molar-refractivity contribution >= 4 is 51.4 Å². The van der Waals surface area contributed by atoms with Crippen LogP contribution < -0.4 is 0 Å². The Morgan fingerprint density at radius 1 is 0.875 bits per heavy atom. The number of nitrogens with zero attached hydrogens (tertiary/aromatic N) is 3. The van der Waals surface area contributed by atoms with Gasteiger partial charge in [-0.25, -0.2) is 0 Å². The Balaban J connectivity index is 0. The summed E-state index contributed by atoms with van der Waals surface area (Å²) in [5.41, 5.74) is 0. The maximum atomic E-state index is 7.90. The molecule has 0 unspecified atom stereocenters. The molecule has 0 bridgehead atoms. The number of rotatable bonds is 0. The first-order valence-electron chi connectivity index (χ1n) is 1.12. The minimum atomic E-state index is -2.33. The van der Waals surface area contributed by atoms with Crippen LogP contribution in [0.3, 0.4) is 0 Å². The minimum Gasteiger partial charge on any atom is 0 e. The molecule has 0 spiro atoms. The second-order valence-electron chi connectivity index (χ2n) is 0.428. The first-order valence-corrected chi connectivity index (χ1v) is 4.37. The third-order valence-electron chi connectivity index (χ3n) is 0.202. The minimum absolute atomic E-state index is 0. The van der Waals surface area contributed by atoms with E-state index < -0.39 is 18.4 Å². The van der Waals surface area contributed by atoms with Crippen LogP contribution in [0.25, 0.3) is 0 Å². The third-order valence-corrected chi connectivity index (χ3v) is 1.66. The molecule has 0 aromatic carbocycles. The quantitative estimate of drug-likeness (QED) is 0.575. The van der Waals surface area contributed by atoms with Gasteiger partial charge in [0.05, 0.1) is 0 Å². The van der Waals surface area contributed by atoms with Crippen LogP contribution in [0.2, 0.25) is 0 Å². The Hall–Kier alpha value is 0.847. The van der Waals surface area contributed by atoms with Crippen molar-refractivity contribution < 1.29 is 18.4 Å². The van der Waals surface area contributed by atoms with Gasteiger partial charge in [-0.3, -0.25) is 0 Å². The van der Waals surface area contributed by atoms with Crippen LogP contribution >= 0.6 is 0 Å². The maximum Gasteiger partial charge on any atom is 0 e. The van der Waals surface area contributed by atoms with Gasteiger partial charge in [-0.1, -0.05) is 0 Å². The Bertz CT molecular complexity index is 137. The number of hydrogen-bond acceptors (Lipinski definition) is 3. The fraction of sp³-hybridized carbons (Fsp3) is 0. The van der Waals surface area contributed by atoms with Crippen LogP contribution in [0.1, 0.15) is 0 Å². The van der Waals surface area contributed by atoms with E-state index in [1.165, 1.54) is 0 Å². The summed E-state index contributed by atoms with van der Waals surface area (Å²) < 4.78 is 4.88. The molecule has 0 N–H and O–H groups in total. The van der Waals surface area contributed by atoms with E-state index in [2.05, 4.69) is 0 Å². The summed E-state index contributed by atoms with van der Waals surface area (Å²) in [5, 5.41) is 23.7. The number of nitriles is 3. The third kappa shape index (κ3) is 4.99. The Labute approximate surface area is 96.4 Å². The zero-order valence-corrected chi connectivity index (χ0v) is 9.43. The largest absolute Gasteiger partial charge is 0 e. The van der Waals surface area contributed by atoms with E-state index in [0.717, 1.165) is 0 Å². The van der Waals surface area contributed by atoms with E-state index >= 15 is 0 Å². The SMILES string of the molecule is N#[C][Au]([C]#N)[C]#N.[K]. The van der Waals surface area contributed by atoms with E-state index in [-0.39, 0.29) is 51.4 Å². The van der Waals surface area contributed by atoms with Crippen LogP contribution in [-0.2, 0) is 18.4 Å². The van der Waals surface area contributed by atoms with E-state index in [0.29, 0.717) is 0 Å². The van der Waals surface area contributed by atoms with Gasteiger partial charge in [-0.2, -0.15) is 0 Å². The summed E-state index contributed by atoms with van der Waals surface area (Å²) in [5.74, 6) is 0. The molecule has 0 amide bonds. The molecular weight excluding hydrogens is 314 g/mol. The maximum absolute atomic E-state index is 7.90. The Morgan fingerprint density at radius 2 is 1.12 bits per heavy atom. The van der Waals surface area contributed by atoms with Crippen molar-refractivity contribution in [3.05, 3.63) is 0 Å². The molecule has 39 valence electrons. The van der Waals surface area contributed by atoms with E-state index in [1.54, 1.807) is 12.9 Å². The van der Waals surface area contributed by atoms with Crippen molar-refractivity contribution in [1.29, 1.82) is 15.8 Å². The summed E-state index contributed by atoms with van der Waals surface area (Å²) in [6, 6.07) is 0. The smallest absolute Gasteiger partial charge is 0 e. The van der Waals surface area contributed by atoms with Crippen LogP contribution in [-0.4, -0.2) is 51.4 Å². The molecule has 3 nitrogen and oxygen atoms in total. The molecule has 0 aromatic rings. The molecule has 0 aliphatic heterocycles. The molecule has 0 saturated heterocycles. The van der Waals surface area contributed by atoms with E-state index in [9.17, 15) is 0 Å². The predicted octanol–water partition coefficient (Wildman–Crippen LogP) is -0.333. The molecule has 0 heterocycles. The van der Waals surface area contributed by atoms with Crippen molar-refractivity contribution in [2.45, 2.75) is 0 Å². The molecule has 0 aromatic heterocycles. The summed E-state index contributed by atoms with van der Waals surface area (Å²) in [7, 11) is 0. The standard InChI is InChI=1S/3CN.Au.K/c3*1-2;;. The molecule has 0 atom stereocenters. The molecule has 0 fully saturated rings. The summed E-state index contributed by atoms with van der Waals surface area (Å²) in [6.07, 6.45) is 0.